The largest absolute Gasteiger partial charge is 0.504 e. The Morgan fingerprint density at radius 2 is 0.736 bits per heavy atom. The summed E-state index contributed by atoms with van der Waals surface area (Å²) in [6.07, 6.45) is 20.6. The van der Waals surface area contributed by atoms with Crippen LogP contribution in [-0.4, -0.2) is 52.4 Å². The topological polar surface area (TPSA) is 142 Å². The van der Waals surface area contributed by atoms with Crippen LogP contribution in [0.25, 0.3) is 5.53 Å². The van der Waals surface area contributed by atoms with Gasteiger partial charge in [0.15, 0.2) is 23.0 Å². The average molecular weight is 779 g/mol. The average Bonchev–Trinajstić information content (AvgIpc) is 3.14. The highest BCUT2D eigenvalue weighted by atomic mass is 32.3. The summed E-state index contributed by atoms with van der Waals surface area (Å²) in [5.74, 6) is 1.12. The van der Waals surface area contributed by atoms with E-state index in [1.54, 1.807) is 0 Å². The number of sulfone groups is 2. The molecule has 53 heavy (non-hydrogen) atoms. The molecule has 2 rings (SSSR count). The maximum Gasteiger partial charge on any atom is 0.504 e. The Morgan fingerprint density at radius 3 is 1.02 bits per heavy atom. The van der Waals surface area contributed by atoms with Gasteiger partial charge in [-0.15, -0.1) is 4.79 Å². The van der Waals surface area contributed by atoms with E-state index in [0.29, 0.717) is 37.9 Å². The number of benzene rings is 2. The van der Waals surface area contributed by atoms with Gasteiger partial charge >= 0.3 is 4.38 Å². The fourth-order valence-electron chi connectivity index (χ4n) is 5.78. The van der Waals surface area contributed by atoms with Crippen molar-refractivity contribution in [3.05, 3.63) is 41.9 Å². The predicted octanol–water partition coefficient (Wildman–Crippen LogP) is 10.9. The van der Waals surface area contributed by atoms with Crippen LogP contribution in [0.2, 0.25) is 0 Å². The summed E-state index contributed by atoms with van der Waals surface area (Å²) < 4.78 is 78.4. The predicted molar refractivity (Wildman–Crippen MR) is 213 cm³/mol. The van der Waals surface area contributed by atoms with Crippen molar-refractivity contribution < 1.29 is 40.6 Å². The van der Waals surface area contributed by atoms with Crippen molar-refractivity contribution in [3.63, 3.8) is 0 Å². The van der Waals surface area contributed by atoms with Gasteiger partial charge in [0.25, 0.3) is 19.7 Å². The normalized spacial score (nSPS) is 11.6. The first-order valence-corrected chi connectivity index (χ1v) is 23.1. The second-order valence-electron chi connectivity index (χ2n) is 13.6. The van der Waals surface area contributed by atoms with Crippen LogP contribution in [0, 0.1) is 0 Å². The van der Waals surface area contributed by atoms with Crippen molar-refractivity contribution in [1.82, 2.24) is 0 Å². The van der Waals surface area contributed by atoms with E-state index in [1.165, 1.54) is 36.4 Å². The first-order chi connectivity index (χ1) is 25.7. The third-order valence-corrected chi connectivity index (χ3v) is 13.2. The Labute approximate surface area is 320 Å². The zero-order valence-corrected chi connectivity index (χ0v) is 34.5. The van der Waals surface area contributed by atoms with E-state index in [0.717, 1.165) is 128 Å². The summed E-state index contributed by atoms with van der Waals surface area (Å²) in [5, 5.41) is 0. The molecule has 0 saturated heterocycles. The van der Waals surface area contributed by atoms with Crippen molar-refractivity contribution in [1.29, 1.82) is 0 Å². The van der Waals surface area contributed by atoms with Gasteiger partial charge in [0.2, 0.25) is 0 Å². The molecular weight excluding hydrogens is 713 g/mol. The van der Waals surface area contributed by atoms with E-state index in [2.05, 4.69) is 32.5 Å². The molecule has 0 saturated carbocycles. The van der Waals surface area contributed by atoms with Crippen molar-refractivity contribution in [3.8, 4) is 23.0 Å². The van der Waals surface area contributed by atoms with Crippen LogP contribution in [-0.2, 0) is 19.7 Å². The van der Waals surface area contributed by atoms with Crippen LogP contribution in [0.15, 0.2) is 46.2 Å². The number of nitrogens with zero attached hydrogens (tertiary/aromatic N) is 2. The Hall–Kier alpha value is -3.08. The monoisotopic (exact) mass is 778 g/mol. The van der Waals surface area contributed by atoms with Gasteiger partial charge in [-0.1, -0.05) is 130 Å². The van der Waals surface area contributed by atoms with Crippen molar-refractivity contribution >= 4 is 24.1 Å². The van der Waals surface area contributed by atoms with E-state index in [1.807, 2.05) is 0 Å². The fraction of sp³-hybridized carbons (Fsp3) is 0.683. The molecule has 0 bridgehead atoms. The highest BCUT2D eigenvalue weighted by Gasteiger charge is 2.44. The quantitative estimate of drug-likeness (QED) is 0.0251. The van der Waals surface area contributed by atoms with Gasteiger partial charge in [0.05, 0.1) is 36.2 Å². The van der Waals surface area contributed by atoms with E-state index in [9.17, 15) is 22.4 Å². The van der Waals surface area contributed by atoms with Crippen LogP contribution in [0.5, 0.6) is 23.0 Å². The molecule has 300 valence electrons. The van der Waals surface area contributed by atoms with Crippen molar-refractivity contribution in [2.24, 2.45) is 0 Å². The minimum Gasteiger partial charge on any atom is -0.490 e. The zero-order valence-electron chi connectivity index (χ0n) is 32.9. The van der Waals surface area contributed by atoms with Crippen LogP contribution >= 0.6 is 0 Å². The Kier molecular flexibility index (Phi) is 23.2. The molecule has 0 atom stereocenters. The van der Waals surface area contributed by atoms with Crippen LogP contribution in [0.3, 0.4) is 0 Å². The SMILES string of the molecule is CCCCCCCOc1ccc(S(=O)(=O)C(=[N+]=[N-])S(=O)(=O)c2ccc(OCCCCCCC)c(OCCCCCCC)c2)cc1OCCCCCCC. The van der Waals surface area contributed by atoms with Gasteiger partial charge in [-0.05, 0) is 49.9 Å². The lowest BCUT2D eigenvalue weighted by Gasteiger charge is -2.15. The summed E-state index contributed by atoms with van der Waals surface area (Å²) in [5.41, 5.74) is 9.98. The third kappa shape index (κ3) is 16.4. The number of ether oxygens (including phenoxy) is 4. The van der Waals surface area contributed by atoms with Crippen molar-refractivity contribution in [2.75, 3.05) is 26.4 Å². The lowest BCUT2D eigenvalue weighted by molar-refractivity contribution is 0.00380. The second-order valence-corrected chi connectivity index (χ2v) is 17.6. The van der Waals surface area contributed by atoms with Gasteiger partial charge in [-0.25, -0.2) is 16.8 Å². The summed E-state index contributed by atoms with van der Waals surface area (Å²) in [6.45, 7) is 10.1. The Balaban J connectivity index is 2.37. The zero-order chi connectivity index (χ0) is 38.8. The first kappa shape index (κ1) is 46.1. The minimum atomic E-state index is -4.85. The standard InChI is InChI=1S/C41H66N2O8S2/c1-5-9-13-17-21-29-48-37-27-25-35(33-39(37)50-31-23-19-15-11-7-3)52(44,45)41(43-42)53(46,47)36-26-28-38(49-30-22-18-14-10-6-2)40(34-36)51-32-24-20-16-12-8-4/h25-28,33-34H,5-24,29-32H2,1-4H3. The molecule has 0 aromatic heterocycles. The third-order valence-electron chi connectivity index (χ3n) is 9.01. The van der Waals surface area contributed by atoms with Crippen LogP contribution < -0.4 is 18.9 Å². The van der Waals surface area contributed by atoms with Crippen LogP contribution in [0.1, 0.15) is 156 Å². The number of hydrogen-bond donors (Lipinski definition) is 0. The Morgan fingerprint density at radius 1 is 0.453 bits per heavy atom. The smallest absolute Gasteiger partial charge is 0.490 e. The molecule has 0 unspecified atom stereocenters. The van der Waals surface area contributed by atoms with Gasteiger partial charge in [-0.3, -0.25) is 0 Å². The number of rotatable bonds is 30. The van der Waals surface area contributed by atoms with Gasteiger partial charge in [-0.2, -0.15) is 0 Å². The Bertz CT molecular complexity index is 1480. The maximum absolute atomic E-state index is 13.9. The summed E-state index contributed by atoms with van der Waals surface area (Å²) in [6, 6.07) is 7.93. The van der Waals surface area contributed by atoms with Gasteiger partial charge in [0.1, 0.15) is 0 Å². The van der Waals surface area contributed by atoms with E-state index < -0.39 is 33.8 Å². The molecular formula is C41H66N2O8S2. The molecule has 0 aliphatic carbocycles. The summed E-state index contributed by atoms with van der Waals surface area (Å²) >= 11 is 0. The molecule has 12 heteroatoms. The molecule has 2 aromatic rings. The summed E-state index contributed by atoms with van der Waals surface area (Å²) in [7, 11) is -9.70. The molecule has 0 amide bonds. The molecule has 0 aliphatic rings. The van der Waals surface area contributed by atoms with E-state index in [4.69, 9.17) is 18.9 Å². The maximum atomic E-state index is 13.9. The molecule has 0 N–H and O–H groups in total. The number of unbranched alkanes of at least 4 members (excludes halogenated alkanes) is 16. The lowest BCUT2D eigenvalue weighted by atomic mass is 10.2. The van der Waals surface area contributed by atoms with Crippen LogP contribution in [0.4, 0.5) is 0 Å². The molecule has 0 spiro atoms. The molecule has 0 fully saturated rings. The molecule has 10 nitrogen and oxygen atoms in total. The van der Waals surface area contributed by atoms with E-state index in [-0.39, 0.29) is 11.5 Å². The molecule has 0 radical (unpaired) electrons. The highest BCUT2D eigenvalue weighted by Crippen LogP contribution is 2.35. The second kappa shape index (κ2) is 26.7. The van der Waals surface area contributed by atoms with E-state index >= 15 is 0 Å². The molecule has 0 aliphatic heterocycles. The highest BCUT2D eigenvalue weighted by molar-refractivity contribution is 8.31. The van der Waals surface area contributed by atoms with Gasteiger partial charge in [0, 0.05) is 12.1 Å². The lowest BCUT2D eigenvalue weighted by Crippen LogP contribution is -2.26. The molecule has 2 aromatic carbocycles. The van der Waals surface area contributed by atoms with Gasteiger partial charge < -0.3 is 24.5 Å². The number of hydrogen-bond acceptors (Lipinski definition) is 8. The first-order valence-electron chi connectivity index (χ1n) is 20.2. The van der Waals surface area contributed by atoms with Crippen molar-refractivity contribution in [2.45, 2.75) is 166 Å². The molecule has 0 heterocycles. The minimum absolute atomic E-state index is 0.190. The fourth-order valence-corrected chi connectivity index (χ4v) is 9.15. The summed E-state index contributed by atoms with van der Waals surface area (Å²) in [4.78, 5) is 2.08.